The van der Waals surface area contributed by atoms with Crippen LogP contribution in [0.5, 0.6) is 0 Å². The molecule has 23 heavy (non-hydrogen) atoms. The summed E-state index contributed by atoms with van der Waals surface area (Å²) in [5.74, 6) is -2.42. The molecule has 0 spiro atoms. The van der Waals surface area contributed by atoms with Gasteiger partial charge in [-0.15, -0.1) is 0 Å². The standard InChI is InChI=1S/C14H20O9/c1-7(15)19-6-11-5-12(20-8(2)16)13(21-9(3)17)14(23-11)22-10(4)18/h11-14H,5-6H2,1-4H3/t11?,12-,13+,14?/m0/s1. The van der Waals surface area contributed by atoms with Crippen LogP contribution in [-0.2, 0) is 42.9 Å². The summed E-state index contributed by atoms with van der Waals surface area (Å²) >= 11 is 0. The van der Waals surface area contributed by atoms with Crippen LogP contribution in [0.25, 0.3) is 0 Å². The van der Waals surface area contributed by atoms with Crippen molar-refractivity contribution >= 4 is 23.9 Å². The summed E-state index contributed by atoms with van der Waals surface area (Å²) in [6.07, 6.45) is -3.83. The lowest BCUT2D eigenvalue weighted by atomic mass is 10.0. The minimum atomic E-state index is -1.27. The van der Waals surface area contributed by atoms with Gasteiger partial charge in [0.25, 0.3) is 0 Å². The molecule has 0 aliphatic carbocycles. The van der Waals surface area contributed by atoms with Crippen LogP contribution in [0.2, 0.25) is 0 Å². The molecule has 0 N–H and O–H groups in total. The van der Waals surface area contributed by atoms with E-state index in [0.717, 1.165) is 6.92 Å². The minimum Gasteiger partial charge on any atom is -0.463 e. The maximum absolute atomic E-state index is 11.2. The molecule has 1 saturated heterocycles. The molecule has 2 unspecified atom stereocenters. The molecule has 1 heterocycles. The van der Waals surface area contributed by atoms with Crippen molar-refractivity contribution in [1.29, 1.82) is 0 Å². The van der Waals surface area contributed by atoms with Crippen LogP contribution in [-0.4, -0.2) is 55.1 Å². The molecular formula is C14H20O9. The van der Waals surface area contributed by atoms with Crippen LogP contribution in [0.15, 0.2) is 0 Å². The molecule has 0 saturated carbocycles. The second kappa shape index (κ2) is 8.47. The summed E-state index contributed by atoms with van der Waals surface area (Å²) in [6, 6.07) is 0. The van der Waals surface area contributed by atoms with Crippen LogP contribution in [0, 0.1) is 0 Å². The van der Waals surface area contributed by atoms with E-state index < -0.39 is 48.5 Å². The molecule has 1 rings (SSSR count). The molecule has 0 aromatic rings. The summed E-state index contributed by atoms with van der Waals surface area (Å²) < 4.78 is 25.5. The van der Waals surface area contributed by atoms with Gasteiger partial charge in [-0.3, -0.25) is 19.2 Å². The topological polar surface area (TPSA) is 114 Å². The smallest absolute Gasteiger partial charge is 0.305 e. The fourth-order valence-electron chi connectivity index (χ4n) is 2.12. The van der Waals surface area contributed by atoms with Crippen LogP contribution < -0.4 is 0 Å². The van der Waals surface area contributed by atoms with Gasteiger partial charge in [-0.25, -0.2) is 0 Å². The maximum atomic E-state index is 11.2. The minimum absolute atomic E-state index is 0.113. The molecule has 130 valence electrons. The van der Waals surface area contributed by atoms with Crippen molar-refractivity contribution in [2.45, 2.75) is 58.7 Å². The van der Waals surface area contributed by atoms with Gasteiger partial charge in [-0.1, -0.05) is 0 Å². The van der Waals surface area contributed by atoms with Crippen molar-refractivity contribution in [2.75, 3.05) is 6.61 Å². The number of ether oxygens (including phenoxy) is 5. The largest absolute Gasteiger partial charge is 0.463 e. The summed E-state index contributed by atoms with van der Waals surface area (Å²) in [5.41, 5.74) is 0. The molecule has 0 radical (unpaired) electrons. The van der Waals surface area contributed by atoms with Gasteiger partial charge in [-0.2, -0.15) is 0 Å². The van der Waals surface area contributed by atoms with E-state index in [1.807, 2.05) is 0 Å². The van der Waals surface area contributed by atoms with Crippen molar-refractivity contribution in [3.63, 3.8) is 0 Å². The van der Waals surface area contributed by atoms with Gasteiger partial charge in [-0.05, 0) is 0 Å². The molecule has 1 fully saturated rings. The molecule has 0 bridgehead atoms. The molecule has 0 aromatic carbocycles. The van der Waals surface area contributed by atoms with Gasteiger partial charge in [0, 0.05) is 34.1 Å². The Morgan fingerprint density at radius 2 is 1.43 bits per heavy atom. The lowest BCUT2D eigenvalue weighted by Crippen LogP contribution is -2.54. The number of rotatable bonds is 5. The first-order valence-corrected chi connectivity index (χ1v) is 6.99. The first-order chi connectivity index (χ1) is 10.7. The van der Waals surface area contributed by atoms with Gasteiger partial charge in [0.2, 0.25) is 12.4 Å². The Morgan fingerprint density at radius 1 is 0.870 bits per heavy atom. The average molecular weight is 332 g/mol. The predicted molar refractivity (Wildman–Crippen MR) is 72.8 cm³/mol. The van der Waals surface area contributed by atoms with Crippen molar-refractivity contribution in [1.82, 2.24) is 0 Å². The van der Waals surface area contributed by atoms with E-state index in [4.69, 9.17) is 23.7 Å². The lowest BCUT2D eigenvalue weighted by molar-refractivity contribution is -0.271. The summed E-state index contributed by atoms with van der Waals surface area (Å²) in [6.45, 7) is 4.64. The molecule has 0 amide bonds. The number of esters is 4. The molecule has 9 nitrogen and oxygen atoms in total. The molecule has 4 atom stereocenters. The Kier molecular flexibility index (Phi) is 6.95. The SMILES string of the molecule is CC(=O)OCC1C[C@H](OC(C)=O)[C@@H](OC(C)=O)C(OC(C)=O)O1. The number of hydrogen-bond donors (Lipinski definition) is 0. The zero-order valence-corrected chi connectivity index (χ0v) is 13.4. The van der Waals surface area contributed by atoms with E-state index in [1.54, 1.807) is 0 Å². The third kappa shape index (κ3) is 6.64. The van der Waals surface area contributed by atoms with E-state index in [1.165, 1.54) is 20.8 Å². The highest BCUT2D eigenvalue weighted by molar-refractivity contribution is 5.68. The van der Waals surface area contributed by atoms with Gasteiger partial charge in [0.15, 0.2) is 0 Å². The quantitative estimate of drug-likeness (QED) is 0.510. The van der Waals surface area contributed by atoms with E-state index in [-0.39, 0.29) is 13.0 Å². The Morgan fingerprint density at radius 3 is 1.91 bits per heavy atom. The second-order valence-electron chi connectivity index (χ2n) is 5.00. The number of hydrogen-bond acceptors (Lipinski definition) is 9. The van der Waals surface area contributed by atoms with Crippen molar-refractivity contribution in [3.8, 4) is 0 Å². The second-order valence-corrected chi connectivity index (χ2v) is 5.00. The van der Waals surface area contributed by atoms with E-state index in [2.05, 4.69) is 0 Å². The van der Waals surface area contributed by atoms with E-state index in [9.17, 15) is 19.2 Å². The van der Waals surface area contributed by atoms with Crippen LogP contribution in [0.3, 0.4) is 0 Å². The van der Waals surface area contributed by atoms with Crippen molar-refractivity contribution in [2.24, 2.45) is 0 Å². The monoisotopic (exact) mass is 332 g/mol. The Balaban J connectivity index is 2.92. The fraction of sp³-hybridized carbons (Fsp3) is 0.714. The number of carbonyl (C=O) groups excluding carboxylic acids is 4. The van der Waals surface area contributed by atoms with Gasteiger partial charge >= 0.3 is 23.9 Å². The van der Waals surface area contributed by atoms with Crippen molar-refractivity contribution < 1.29 is 42.9 Å². The predicted octanol–water partition coefficient (Wildman–Crippen LogP) is 0.0910. The van der Waals surface area contributed by atoms with E-state index in [0.29, 0.717) is 0 Å². The highest BCUT2D eigenvalue weighted by Gasteiger charge is 2.45. The molecular weight excluding hydrogens is 312 g/mol. The van der Waals surface area contributed by atoms with Crippen LogP contribution in [0.1, 0.15) is 34.1 Å². The van der Waals surface area contributed by atoms with Crippen molar-refractivity contribution in [3.05, 3.63) is 0 Å². The average Bonchev–Trinajstić information content (AvgIpc) is 2.38. The summed E-state index contributed by atoms with van der Waals surface area (Å²) in [7, 11) is 0. The first-order valence-electron chi connectivity index (χ1n) is 6.99. The summed E-state index contributed by atoms with van der Waals surface area (Å²) in [5, 5.41) is 0. The highest BCUT2D eigenvalue weighted by atomic mass is 16.7. The Bertz CT molecular complexity index is 447. The molecule has 1 aliphatic heterocycles. The zero-order valence-electron chi connectivity index (χ0n) is 13.4. The third-order valence-corrected chi connectivity index (χ3v) is 2.83. The normalized spacial score (nSPS) is 26.8. The van der Waals surface area contributed by atoms with Gasteiger partial charge in [0.1, 0.15) is 12.7 Å². The first kappa shape index (κ1) is 18.9. The van der Waals surface area contributed by atoms with Gasteiger partial charge < -0.3 is 23.7 Å². The number of carbonyl (C=O) groups is 4. The Hall–Kier alpha value is -2.16. The highest BCUT2D eigenvalue weighted by Crippen LogP contribution is 2.27. The van der Waals surface area contributed by atoms with Crippen LogP contribution in [0.4, 0.5) is 0 Å². The fourth-order valence-corrected chi connectivity index (χ4v) is 2.12. The van der Waals surface area contributed by atoms with Crippen LogP contribution >= 0.6 is 0 Å². The lowest BCUT2D eigenvalue weighted by Gasteiger charge is -2.39. The van der Waals surface area contributed by atoms with E-state index >= 15 is 0 Å². The van der Waals surface area contributed by atoms with Gasteiger partial charge in [0.05, 0.1) is 6.10 Å². The molecule has 0 aromatic heterocycles. The molecule has 9 heteroatoms. The third-order valence-electron chi connectivity index (χ3n) is 2.83. The zero-order chi connectivity index (χ0) is 17.6. The summed E-state index contributed by atoms with van der Waals surface area (Å²) in [4.78, 5) is 44.6. The maximum Gasteiger partial charge on any atom is 0.305 e. The Labute approximate surface area is 133 Å². The molecule has 1 aliphatic rings.